The van der Waals surface area contributed by atoms with E-state index >= 15 is 0 Å². The number of amides is 1. The second-order valence-corrected chi connectivity index (χ2v) is 6.65. The van der Waals surface area contributed by atoms with Crippen LogP contribution in [-0.4, -0.2) is 15.9 Å². The third-order valence-corrected chi connectivity index (χ3v) is 4.95. The number of nitrogens with zero attached hydrogens (tertiary/aromatic N) is 3. The van der Waals surface area contributed by atoms with Gasteiger partial charge in [-0.3, -0.25) is 14.7 Å². The lowest BCUT2D eigenvalue weighted by molar-refractivity contribution is 0.0958. The predicted octanol–water partition coefficient (Wildman–Crippen LogP) is 4.44. The van der Waals surface area contributed by atoms with E-state index < -0.39 is 0 Å². The number of carbonyl (C=O) groups is 1. The van der Waals surface area contributed by atoms with Crippen molar-refractivity contribution in [3.05, 3.63) is 78.0 Å². The van der Waals surface area contributed by atoms with E-state index in [-0.39, 0.29) is 5.91 Å². The number of furan rings is 1. The van der Waals surface area contributed by atoms with Gasteiger partial charge in [-0.15, -0.1) is 0 Å². The molecule has 4 aromatic rings. The summed E-state index contributed by atoms with van der Waals surface area (Å²) in [5.74, 6) is 0.0866. The first-order valence-corrected chi connectivity index (χ1v) is 8.64. The highest BCUT2D eigenvalue weighted by molar-refractivity contribution is 7.22. The van der Waals surface area contributed by atoms with Gasteiger partial charge in [0.25, 0.3) is 5.91 Å². The largest absolute Gasteiger partial charge is 0.459 e. The van der Waals surface area contributed by atoms with Crippen LogP contribution in [-0.2, 0) is 6.54 Å². The summed E-state index contributed by atoms with van der Waals surface area (Å²) in [6.07, 6.45) is 4.93. The Morgan fingerprint density at radius 1 is 1.16 bits per heavy atom. The van der Waals surface area contributed by atoms with Crippen molar-refractivity contribution < 1.29 is 9.21 Å². The van der Waals surface area contributed by atoms with Crippen LogP contribution in [0.4, 0.5) is 5.13 Å². The summed E-state index contributed by atoms with van der Waals surface area (Å²) >= 11 is 1.50. The van der Waals surface area contributed by atoms with Gasteiger partial charge >= 0.3 is 0 Å². The molecule has 0 atom stereocenters. The molecule has 0 aliphatic carbocycles. The van der Waals surface area contributed by atoms with Crippen molar-refractivity contribution in [3.63, 3.8) is 0 Å². The number of fused-ring (bicyclic) bond motifs is 1. The molecule has 3 heterocycles. The van der Waals surface area contributed by atoms with E-state index in [1.807, 2.05) is 37.3 Å². The van der Waals surface area contributed by atoms with Crippen molar-refractivity contribution in [2.24, 2.45) is 0 Å². The molecule has 1 amide bonds. The van der Waals surface area contributed by atoms with Crippen LogP contribution in [0.15, 0.2) is 65.5 Å². The topological polar surface area (TPSA) is 59.2 Å². The molecule has 0 aliphatic rings. The van der Waals surface area contributed by atoms with Gasteiger partial charge in [0.2, 0.25) is 0 Å². The fraction of sp³-hybridized carbons (Fsp3) is 0.105. The summed E-state index contributed by atoms with van der Waals surface area (Å²) in [5.41, 5.74) is 3.00. The summed E-state index contributed by atoms with van der Waals surface area (Å²) in [7, 11) is 0. The Balaban J connectivity index is 1.78. The van der Waals surface area contributed by atoms with Gasteiger partial charge < -0.3 is 4.42 Å². The average Bonchev–Trinajstić information content (AvgIpc) is 3.30. The van der Waals surface area contributed by atoms with E-state index in [0.717, 1.165) is 21.3 Å². The number of pyridine rings is 1. The number of anilines is 1. The number of rotatable bonds is 4. The van der Waals surface area contributed by atoms with Crippen LogP contribution < -0.4 is 4.90 Å². The third kappa shape index (κ3) is 3.04. The van der Waals surface area contributed by atoms with E-state index in [2.05, 4.69) is 4.98 Å². The number of benzene rings is 1. The molecular formula is C19H15N3O2S. The maximum Gasteiger partial charge on any atom is 0.296 e. The molecule has 25 heavy (non-hydrogen) atoms. The van der Waals surface area contributed by atoms with E-state index in [4.69, 9.17) is 9.40 Å². The van der Waals surface area contributed by atoms with Crippen LogP contribution >= 0.6 is 11.3 Å². The van der Waals surface area contributed by atoms with Gasteiger partial charge in [-0.1, -0.05) is 23.5 Å². The number of thiazole rings is 1. The van der Waals surface area contributed by atoms with Crippen molar-refractivity contribution in [3.8, 4) is 0 Å². The van der Waals surface area contributed by atoms with Crippen LogP contribution in [0.2, 0.25) is 0 Å². The first kappa shape index (κ1) is 15.5. The maximum atomic E-state index is 13.0. The van der Waals surface area contributed by atoms with Gasteiger partial charge in [-0.2, -0.15) is 0 Å². The van der Waals surface area contributed by atoms with Crippen LogP contribution in [0.25, 0.3) is 10.2 Å². The molecular weight excluding hydrogens is 334 g/mol. The summed E-state index contributed by atoms with van der Waals surface area (Å²) in [4.78, 5) is 23.3. The number of para-hydroxylation sites is 1. The minimum Gasteiger partial charge on any atom is -0.459 e. The highest BCUT2D eigenvalue weighted by Gasteiger charge is 2.23. The molecule has 5 nitrogen and oxygen atoms in total. The molecule has 0 fully saturated rings. The molecule has 6 heteroatoms. The Kier molecular flexibility index (Phi) is 4.03. The van der Waals surface area contributed by atoms with Crippen molar-refractivity contribution in [2.45, 2.75) is 13.5 Å². The highest BCUT2D eigenvalue weighted by atomic mass is 32.1. The van der Waals surface area contributed by atoms with Crippen molar-refractivity contribution in [1.29, 1.82) is 0 Å². The molecule has 4 rings (SSSR count). The Morgan fingerprint density at radius 2 is 2.00 bits per heavy atom. The van der Waals surface area contributed by atoms with Gasteiger partial charge in [0, 0.05) is 12.4 Å². The summed E-state index contributed by atoms with van der Waals surface area (Å²) in [6, 6.07) is 13.2. The molecule has 0 saturated heterocycles. The molecule has 0 bridgehead atoms. The summed E-state index contributed by atoms with van der Waals surface area (Å²) in [6.45, 7) is 2.42. The van der Waals surface area contributed by atoms with E-state index in [1.54, 1.807) is 29.4 Å². The van der Waals surface area contributed by atoms with Gasteiger partial charge in [0.05, 0.1) is 23.0 Å². The number of aryl methyl sites for hydroxylation is 1. The molecule has 0 unspecified atom stereocenters. The quantitative estimate of drug-likeness (QED) is 0.546. The zero-order chi connectivity index (χ0) is 17.2. The standard InChI is InChI=1S/C19H15N3O2S/c1-13-4-2-6-16-17(13)21-19(25-16)22(12-14-7-9-20-10-8-14)18(23)15-5-3-11-24-15/h2-11H,12H2,1H3. The lowest BCUT2D eigenvalue weighted by atomic mass is 10.2. The Labute approximate surface area is 148 Å². The summed E-state index contributed by atoms with van der Waals surface area (Å²) < 4.78 is 6.36. The van der Waals surface area contributed by atoms with Crippen molar-refractivity contribution in [1.82, 2.24) is 9.97 Å². The van der Waals surface area contributed by atoms with Crippen molar-refractivity contribution in [2.75, 3.05) is 4.90 Å². The minimum absolute atomic E-state index is 0.210. The van der Waals surface area contributed by atoms with E-state index in [1.165, 1.54) is 17.6 Å². The molecule has 124 valence electrons. The first-order chi connectivity index (χ1) is 12.2. The predicted molar refractivity (Wildman–Crippen MR) is 97.8 cm³/mol. The molecule has 0 saturated carbocycles. The van der Waals surface area contributed by atoms with E-state index in [0.29, 0.717) is 17.4 Å². The second-order valence-electron chi connectivity index (χ2n) is 5.64. The van der Waals surface area contributed by atoms with Crippen LogP contribution in [0, 0.1) is 6.92 Å². The monoisotopic (exact) mass is 349 g/mol. The van der Waals surface area contributed by atoms with Gasteiger partial charge in [-0.05, 0) is 48.4 Å². The lowest BCUT2D eigenvalue weighted by Crippen LogP contribution is -2.30. The van der Waals surface area contributed by atoms with Crippen molar-refractivity contribution >= 4 is 32.6 Å². The van der Waals surface area contributed by atoms with Gasteiger partial charge in [0.15, 0.2) is 10.9 Å². The number of hydrogen-bond donors (Lipinski definition) is 0. The number of hydrogen-bond acceptors (Lipinski definition) is 5. The Bertz CT molecular complexity index is 1010. The smallest absolute Gasteiger partial charge is 0.296 e. The number of carbonyl (C=O) groups excluding carboxylic acids is 1. The van der Waals surface area contributed by atoms with Crippen LogP contribution in [0.5, 0.6) is 0 Å². The zero-order valence-electron chi connectivity index (χ0n) is 13.5. The van der Waals surface area contributed by atoms with Crippen LogP contribution in [0.1, 0.15) is 21.7 Å². The minimum atomic E-state index is -0.210. The fourth-order valence-electron chi connectivity index (χ4n) is 2.62. The summed E-state index contributed by atoms with van der Waals surface area (Å²) in [5, 5.41) is 0.655. The second kappa shape index (κ2) is 6.49. The highest BCUT2D eigenvalue weighted by Crippen LogP contribution is 2.32. The molecule has 0 N–H and O–H groups in total. The van der Waals surface area contributed by atoms with Gasteiger partial charge in [0.1, 0.15) is 0 Å². The Hall–Kier alpha value is -2.99. The fourth-order valence-corrected chi connectivity index (χ4v) is 3.66. The van der Waals surface area contributed by atoms with Crippen LogP contribution in [0.3, 0.4) is 0 Å². The molecule has 1 aromatic carbocycles. The SMILES string of the molecule is Cc1cccc2sc(N(Cc3ccncc3)C(=O)c3ccco3)nc12. The Morgan fingerprint density at radius 3 is 2.72 bits per heavy atom. The number of aromatic nitrogens is 2. The van der Waals surface area contributed by atoms with Gasteiger partial charge in [-0.25, -0.2) is 4.98 Å². The normalized spacial score (nSPS) is 10.9. The molecule has 3 aromatic heterocycles. The molecule has 0 aliphatic heterocycles. The molecule has 0 radical (unpaired) electrons. The maximum absolute atomic E-state index is 13.0. The molecule has 0 spiro atoms. The average molecular weight is 349 g/mol. The zero-order valence-corrected chi connectivity index (χ0v) is 14.4. The lowest BCUT2D eigenvalue weighted by Gasteiger charge is -2.18. The third-order valence-electron chi connectivity index (χ3n) is 3.91. The van der Waals surface area contributed by atoms with E-state index in [9.17, 15) is 4.79 Å². The first-order valence-electron chi connectivity index (χ1n) is 7.83.